The third kappa shape index (κ3) is 8.19. The maximum absolute atomic E-state index is 11.2. The lowest BCUT2D eigenvalue weighted by molar-refractivity contribution is 0.232. The summed E-state index contributed by atoms with van der Waals surface area (Å²) < 4.78 is 24.1. The van der Waals surface area contributed by atoms with Gasteiger partial charge in [0.1, 0.15) is 0 Å². The first-order valence-corrected chi connectivity index (χ1v) is 6.29. The third-order valence-electron chi connectivity index (χ3n) is 1.46. The second kappa shape index (κ2) is 5.32. The van der Waals surface area contributed by atoms with Crippen molar-refractivity contribution in [2.75, 3.05) is 19.3 Å². The second-order valence-electron chi connectivity index (χ2n) is 4.15. The first-order valence-electron chi connectivity index (χ1n) is 4.63. The van der Waals surface area contributed by atoms with Gasteiger partial charge in [-0.25, -0.2) is 17.9 Å². The van der Waals surface area contributed by atoms with Gasteiger partial charge in [0, 0.05) is 12.1 Å². The minimum atomic E-state index is -3.25. The maximum Gasteiger partial charge on any atom is 0.315 e. The zero-order valence-electron chi connectivity index (χ0n) is 9.55. The van der Waals surface area contributed by atoms with E-state index in [0.717, 1.165) is 0 Å². The van der Waals surface area contributed by atoms with Crippen LogP contribution in [-0.4, -0.2) is 39.3 Å². The standard InChI is InChI=1S/C8H19N3O3S/c1-8(2,3)11-7(12)10-5-6-15(13,14)9-4/h9H,5-6H2,1-4H3,(H2,10,11,12). The minimum absolute atomic E-state index is 0.0884. The van der Waals surface area contributed by atoms with Crippen molar-refractivity contribution in [3.63, 3.8) is 0 Å². The third-order valence-corrected chi connectivity index (χ3v) is 2.82. The molecule has 0 aliphatic heterocycles. The molecule has 0 aromatic rings. The molecule has 0 aliphatic rings. The molecule has 6 nitrogen and oxygen atoms in total. The summed E-state index contributed by atoms with van der Waals surface area (Å²) >= 11 is 0. The molecule has 15 heavy (non-hydrogen) atoms. The van der Waals surface area contributed by atoms with Gasteiger partial charge in [0.2, 0.25) is 10.0 Å². The number of amides is 2. The monoisotopic (exact) mass is 237 g/mol. The predicted molar refractivity (Wildman–Crippen MR) is 59.1 cm³/mol. The van der Waals surface area contributed by atoms with E-state index in [1.54, 1.807) is 0 Å². The number of sulfonamides is 1. The fourth-order valence-electron chi connectivity index (χ4n) is 0.786. The highest BCUT2D eigenvalue weighted by Crippen LogP contribution is 1.97. The molecule has 0 aromatic carbocycles. The van der Waals surface area contributed by atoms with Gasteiger partial charge in [0.25, 0.3) is 0 Å². The summed E-state index contributed by atoms with van der Waals surface area (Å²) in [5.41, 5.74) is -0.327. The molecule has 0 aliphatic carbocycles. The number of rotatable bonds is 4. The van der Waals surface area contributed by atoms with Gasteiger partial charge in [-0.05, 0) is 27.8 Å². The van der Waals surface area contributed by atoms with Gasteiger partial charge in [0.15, 0.2) is 0 Å². The Kier molecular flexibility index (Phi) is 5.02. The molecule has 0 spiro atoms. The summed E-state index contributed by atoms with van der Waals surface area (Å²) in [6.45, 7) is 5.62. The summed E-state index contributed by atoms with van der Waals surface area (Å²) in [6.07, 6.45) is 0. The number of nitrogens with one attached hydrogen (secondary N) is 3. The van der Waals surface area contributed by atoms with Crippen molar-refractivity contribution >= 4 is 16.1 Å². The molecule has 7 heteroatoms. The van der Waals surface area contributed by atoms with E-state index in [2.05, 4.69) is 15.4 Å². The molecule has 0 aromatic heterocycles. The Morgan fingerprint density at radius 3 is 2.20 bits per heavy atom. The Hall–Kier alpha value is -0.820. The lowest BCUT2D eigenvalue weighted by atomic mass is 10.1. The molecule has 0 unspecified atom stereocenters. The fraction of sp³-hybridized carbons (Fsp3) is 0.875. The number of carbonyl (C=O) groups excluding carboxylic acids is 1. The average molecular weight is 237 g/mol. The van der Waals surface area contributed by atoms with E-state index >= 15 is 0 Å². The van der Waals surface area contributed by atoms with Crippen LogP contribution in [-0.2, 0) is 10.0 Å². The van der Waals surface area contributed by atoms with Crippen LogP contribution >= 0.6 is 0 Å². The lowest BCUT2D eigenvalue weighted by Crippen LogP contribution is -2.47. The van der Waals surface area contributed by atoms with Crippen LogP contribution in [0.3, 0.4) is 0 Å². The Morgan fingerprint density at radius 2 is 1.80 bits per heavy atom. The van der Waals surface area contributed by atoms with Gasteiger partial charge in [-0.15, -0.1) is 0 Å². The van der Waals surface area contributed by atoms with E-state index in [0.29, 0.717) is 0 Å². The summed E-state index contributed by atoms with van der Waals surface area (Å²) in [4.78, 5) is 11.2. The van der Waals surface area contributed by atoms with Crippen molar-refractivity contribution in [1.29, 1.82) is 0 Å². The van der Waals surface area contributed by atoms with Crippen LogP contribution in [0.4, 0.5) is 4.79 Å². The fourth-order valence-corrected chi connectivity index (χ4v) is 1.36. The van der Waals surface area contributed by atoms with Crippen LogP contribution in [0.25, 0.3) is 0 Å². The van der Waals surface area contributed by atoms with E-state index in [4.69, 9.17) is 0 Å². The van der Waals surface area contributed by atoms with E-state index < -0.39 is 10.0 Å². The predicted octanol–water partition coefficient (Wildman–Crippen LogP) is -0.367. The highest BCUT2D eigenvalue weighted by Gasteiger charge is 2.13. The van der Waals surface area contributed by atoms with E-state index in [-0.39, 0.29) is 23.9 Å². The number of urea groups is 1. The normalized spacial score (nSPS) is 12.3. The Balaban J connectivity index is 3.84. The molecule has 0 saturated heterocycles. The summed E-state index contributed by atoms with van der Waals surface area (Å²) in [5.74, 6) is -0.124. The molecule has 0 heterocycles. The molecular formula is C8H19N3O3S. The Labute approximate surface area is 90.9 Å². The summed E-state index contributed by atoms with van der Waals surface area (Å²) in [6, 6.07) is -0.367. The van der Waals surface area contributed by atoms with Gasteiger partial charge >= 0.3 is 6.03 Å². The second-order valence-corrected chi connectivity index (χ2v) is 6.20. The van der Waals surface area contributed by atoms with Crippen LogP contribution in [0, 0.1) is 0 Å². The maximum atomic E-state index is 11.2. The van der Waals surface area contributed by atoms with Crippen LogP contribution in [0.15, 0.2) is 0 Å². The van der Waals surface area contributed by atoms with Crippen LogP contribution in [0.2, 0.25) is 0 Å². The van der Waals surface area contributed by atoms with E-state index in [9.17, 15) is 13.2 Å². The van der Waals surface area contributed by atoms with Gasteiger partial charge in [0.05, 0.1) is 5.75 Å². The van der Waals surface area contributed by atoms with Crippen LogP contribution < -0.4 is 15.4 Å². The van der Waals surface area contributed by atoms with Gasteiger partial charge in [-0.1, -0.05) is 0 Å². The minimum Gasteiger partial charge on any atom is -0.337 e. The van der Waals surface area contributed by atoms with E-state index in [1.165, 1.54) is 7.05 Å². The summed E-state index contributed by atoms with van der Waals surface area (Å²) in [7, 11) is -1.91. The number of hydrogen-bond donors (Lipinski definition) is 3. The summed E-state index contributed by atoms with van der Waals surface area (Å²) in [5, 5.41) is 5.12. The molecule has 0 atom stereocenters. The zero-order valence-corrected chi connectivity index (χ0v) is 10.4. The largest absolute Gasteiger partial charge is 0.337 e. The first-order chi connectivity index (χ1) is 6.66. The molecule has 90 valence electrons. The van der Waals surface area contributed by atoms with Crippen molar-refractivity contribution in [2.24, 2.45) is 0 Å². The average Bonchev–Trinajstić information content (AvgIpc) is 2.00. The van der Waals surface area contributed by atoms with Crippen molar-refractivity contribution in [3.05, 3.63) is 0 Å². The van der Waals surface area contributed by atoms with Gasteiger partial charge in [-0.2, -0.15) is 0 Å². The molecule has 0 fully saturated rings. The van der Waals surface area contributed by atoms with Crippen molar-refractivity contribution in [3.8, 4) is 0 Å². The molecular weight excluding hydrogens is 218 g/mol. The highest BCUT2D eigenvalue weighted by atomic mass is 32.2. The Morgan fingerprint density at radius 1 is 1.27 bits per heavy atom. The van der Waals surface area contributed by atoms with Gasteiger partial charge in [-0.3, -0.25) is 0 Å². The van der Waals surface area contributed by atoms with E-state index in [1.807, 2.05) is 20.8 Å². The van der Waals surface area contributed by atoms with Crippen molar-refractivity contribution in [2.45, 2.75) is 26.3 Å². The molecule has 2 amide bonds. The molecule has 0 saturated carbocycles. The van der Waals surface area contributed by atoms with Crippen molar-refractivity contribution < 1.29 is 13.2 Å². The molecule has 0 rings (SSSR count). The zero-order chi connectivity index (χ0) is 12.1. The first kappa shape index (κ1) is 14.2. The molecule has 0 bridgehead atoms. The topological polar surface area (TPSA) is 87.3 Å². The lowest BCUT2D eigenvalue weighted by Gasteiger charge is -2.20. The SMILES string of the molecule is CNS(=O)(=O)CCNC(=O)NC(C)(C)C. The van der Waals surface area contributed by atoms with Crippen LogP contribution in [0.1, 0.15) is 20.8 Å². The Bertz CT molecular complexity index is 306. The van der Waals surface area contributed by atoms with Crippen LogP contribution in [0.5, 0.6) is 0 Å². The van der Waals surface area contributed by atoms with Gasteiger partial charge < -0.3 is 10.6 Å². The molecule has 3 N–H and O–H groups in total. The quantitative estimate of drug-likeness (QED) is 0.623. The number of carbonyl (C=O) groups is 1. The highest BCUT2D eigenvalue weighted by molar-refractivity contribution is 7.89. The smallest absolute Gasteiger partial charge is 0.315 e. The number of hydrogen-bond acceptors (Lipinski definition) is 3. The molecule has 0 radical (unpaired) electrons. The van der Waals surface area contributed by atoms with Crippen molar-refractivity contribution in [1.82, 2.24) is 15.4 Å².